The minimum absolute atomic E-state index is 0.304. The topological polar surface area (TPSA) is 20.2 Å². The Labute approximate surface area is 54.2 Å². The van der Waals surface area contributed by atoms with Gasteiger partial charge in [0.1, 0.15) is 11.9 Å². The summed E-state index contributed by atoms with van der Waals surface area (Å²) in [6, 6.07) is 0. The van der Waals surface area contributed by atoms with E-state index in [0.717, 1.165) is 12.8 Å². The van der Waals surface area contributed by atoms with Gasteiger partial charge in [-0.25, -0.2) is 4.39 Å². The molecule has 0 saturated heterocycles. The molecule has 0 heterocycles. The molecule has 9 heavy (non-hydrogen) atoms. The van der Waals surface area contributed by atoms with Crippen LogP contribution in [0.4, 0.5) is 4.39 Å². The Morgan fingerprint density at radius 1 is 1.67 bits per heavy atom. The molecule has 0 spiro atoms. The summed E-state index contributed by atoms with van der Waals surface area (Å²) in [6.45, 7) is 1.73. The summed E-state index contributed by atoms with van der Waals surface area (Å²) in [7, 11) is 0. The molecule has 0 bridgehead atoms. The van der Waals surface area contributed by atoms with E-state index >= 15 is 0 Å². The van der Waals surface area contributed by atoms with E-state index < -0.39 is 6.10 Å². The van der Waals surface area contributed by atoms with Crippen molar-refractivity contribution in [3.63, 3.8) is 0 Å². The van der Waals surface area contributed by atoms with E-state index in [2.05, 4.69) is 0 Å². The first-order chi connectivity index (χ1) is 4.22. The maximum atomic E-state index is 12.6. The predicted molar refractivity (Wildman–Crippen MR) is 33.7 cm³/mol. The lowest BCUT2D eigenvalue weighted by Gasteiger charge is -2.16. The van der Waals surface area contributed by atoms with Crippen LogP contribution in [-0.2, 0) is 0 Å². The third kappa shape index (κ3) is 1.30. The first-order valence-electron chi connectivity index (χ1n) is 3.25. The van der Waals surface area contributed by atoms with Crippen LogP contribution in [0.2, 0.25) is 0 Å². The van der Waals surface area contributed by atoms with Crippen LogP contribution in [0, 0.1) is 0 Å². The Kier molecular flexibility index (Phi) is 1.86. The van der Waals surface area contributed by atoms with Gasteiger partial charge in [-0.05, 0) is 31.8 Å². The molecule has 0 amide bonds. The van der Waals surface area contributed by atoms with Gasteiger partial charge in [0.2, 0.25) is 0 Å². The number of aliphatic hydroxyl groups excluding tert-OH is 1. The highest BCUT2D eigenvalue weighted by molar-refractivity contribution is 5.12. The van der Waals surface area contributed by atoms with Crippen molar-refractivity contribution < 1.29 is 9.50 Å². The maximum absolute atomic E-state index is 12.6. The quantitative estimate of drug-likeness (QED) is 0.530. The van der Waals surface area contributed by atoms with Crippen LogP contribution in [-0.4, -0.2) is 11.2 Å². The molecule has 1 N–H and O–H groups in total. The Balaban J connectivity index is 2.72. The van der Waals surface area contributed by atoms with Gasteiger partial charge in [0, 0.05) is 0 Å². The first-order valence-corrected chi connectivity index (χ1v) is 3.25. The number of hydrogen-bond acceptors (Lipinski definition) is 1. The Hall–Kier alpha value is -0.370. The number of hydrogen-bond donors (Lipinski definition) is 1. The lowest BCUT2D eigenvalue weighted by Crippen LogP contribution is -2.12. The maximum Gasteiger partial charge on any atom is 0.127 e. The third-order valence-electron chi connectivity index (χ3n) is 1.73. The monoisotopic (exact) mass is 130 g/mol. The highest BCUT2D eigenvalue weighted by Gasteiger charge is 2.17. The summed E-state index contributed by atoms with van der Waals surface area (Å²) >= 11 is 0. The Morgan fingerprint density at radius 2 is 2.33 bits per heavy atom. The van der Waals surface area contributed by atoms with Gasteiger partial charge < -0.3 is 5.11 Å². The fraction of sp³-hybridized carbons (Fsp3) is 0.714. The SMILES string of the molecule is CC1=C(F)[C@@H](O)CCC1. The predicted octanol–water partition coefficient (Wildman–Crippen LogP) is 1.77. The van der Waals surface area contributed by atoms with E-state index in [4.69, 9.17) is 5.11 Å². The van der Waals surface area contributed by atoms with Crippen LogP contribution in [0.5, 0.6) is 0 Å². The molecule has 0 aliphatic heterocycles. The zero-order valence-corrected chi connectivity index (χ0v) is 5.52. The second-order valence-electron chi connectivity index (χ2n) is 2.54. The second-order valence-corrected chi connectivity index (χ2v) is 2.54. The summed E-state index contributed by atoms with van der Waals surface area (Å²) in [5.41, 5.74) is 0.716. The van der Waals surface area contributed by atoms with E-state index in [0.29, 0.717) is 12.0 Å². The lowest BCUT2D eigenvalue weighted by atomic mass is 9.98. The fourth-order valence-electron chi connectivity index (χ4n) is 1.09. The molecule has 1 atom stereocenters. The normalized spacial score (nSPS) is 29.0. The second kappa shape index (κ2) is 2.48. The standard InChI is InChI=1S/C7H11FO/c1-5-3-2-4-6(9)7(5)8/h6,9H,2-4H2,1H3/t6-/m0/s1. The van der Waals surface area contributed by atoms with E-state index in [-0.39, 0.29) is 5.83 Å². The van der Waals surface area contributed by atoms with Crippen LogP contribution >= 0.6 is 0 Å². The van der Waals surface area contributed by atoms with Gasteiger partial charge in [-0.15, -0.1) is 0 Å². The average molecular weight is 130 g/mol. The van der Waals surface area contributed by atoms with Crippen LogP contribution < -0.4 is 0 Å². The van der Waals surface area contributed by atoms with Crippen molar-refractivity contribution in [1.29, 1.82) is 0 Å². The van der Waals surface area contributed by atoms with Crippen LogP contribution in [0.3, 0.4) is 0 Å². The molecule has 0 saturated carbocycles. The van der Waals surface area contributed by atoms with Crippen molar-refractivity contribution in [3.8, 4) is 0 Å². The molecule has 1 nitrogen and oxygen atoms in total. The highest BCUT2D eigenvalue weighted by Crippen LogP contribution is 2.24. The van der Waals surface area contributed by atoms with E-state index in [1.54, 1.807) is 6.92 Å². The first kappa shape index (κ1) is 6.75. The third-order valence-corrected chi connectivity index (χ3v) is 1.73. The van der Waals surface area contributed by atoms with Crippen LogP contribution in [0.1, 0.15) is 26.2 Å². The summed E-state index contributed by atoms with van der Waals surface area (Å²) in [5.74, 6) is -0.304. The van der Waals surface area contributed by atoms with Gasteiger partial charge >= 0.3 is 0 Å². The van der Waals surface area contributed by atoms with Gasteiger partial charge in [0.25, 0.3) is 0 Å². The Morgan fingerprint density at radius 3 is 2.78 bits per heavy atom. The fourth-order valence-corrected chi connectivity index (χ4v) is 1.09. The summed E-state index contributed by atoms with van der Waals surface area (Å²) < 4.78 is 12.6. The van der Waals surface area contributed by atoms with Crippen LogP contribution in [0.15, 0.2) is 11.4 Å². The number of halogens is 1. The van der Waals surface area contributed by atoms with Gasteiger partial charge in [0.15, 0.2) is 0 Å². The van der Waals surface area contributed by atoms with Crippen molar-refractivity contribution in [2.45, 2.75) is 32.3 Å². The van der Waals surface area contributed by atoms with Gasteiger partial charge in [0.05, 0.1) is 0 Å². The van der Waals surface area contributed by atoms with E-state index in [1.807, 2.05) is 0 Å². The molecule has 1 rings (SSSR count). The Bertz CT molecular complexity index is 140. The lowest BCUT2D eigenvalue weighted by molar-refractivity contribution is 0.159. The molecule has 1 aliphatic rings. The molecule has 0 radical (unpaired) electrons. The zero-order chi connectivity index (χ0) is 6.85. The van der Waals surface area contributed by atoms with E-state index in [9.17, 15) is 4.39 Å². The molecule has 0 aromatic carbocycles. The molecule has 0 aromatic rings. The largest absolute Gasteiger partial charge is 0.386 e. The highest BCUT2D eigenvalue weighted by atomic mass is 19.1. The zero-order valence-electron chi connectivity index (χ0n) is 5.52. The number of rotatable bonds is 0. The van der Waals surface area contributed by atoms with Crippen LogP contribution in [0.25, 0.3) is 0 Å². The van der Waals surface area contributed by atoms with Gasteiger partial charge in [-0.3, -0.25) is 0 Å². The smallest absolute Gasteiger partial charge is 0.127 e. The van der Waals surface area contributed by atoms with Crippen molar-refractivity contribution in [3.05, 3.63) is 11.4 Å². The van der Waals surface area contributed by atoms with Gasteiger partial charge in [-0.1, -0.05) is 0 Å². The molecular formula is C7H11FO. The molecule has 0 aromatic heterocycles. The van der Waals surface area contributed by atoms with Crippen molar-refractivity contribution >= 4 is 0 Å². The van der Waals surface area contributed by atoms with Crippen molar-refractivity contribution in [2.75, 3.05) is 0 Å². The minimum atomic E-state index is -0.807. The number of allylic oxidation sites excluding steroid dienone is 1. The summed E-state index contributed by atoms with van der Waals surface area (Å²) in [4.78, 5) is 0. The molecule has 2 heteroatoms. The number of aliphatic hydroxyl groups is 1. The molecule has 52 valence electrons. The average Bonchev–Trinajstić information content (AvgIpc) is 1.83. The summed E-state index contributed by atoms with van der Waals surface area (Å²) in [6.07, 6.45) is 1.51. The molecular weight excluding hydrogens is 119 g/mol. The molecule has 1 aliphatic carbocycles. The van der Waals surface area contributed by atoms with Gasteiger partial charge in [-0.2, -0.15) is 0 Å². The van der Waals surface area contributed by atoms with Crippen molar-refractivity contribution in [1.82, 2.24) is 0 Å². The molecule has 0 fully saturated rings. The van der Waals surface area contributed by atoms with Crippen molar-refractivity contribution in [2.24, 2.45) is 0 Å². The molecule has 0 unspecified atom stereocenters. The van der Waals surface area contributed by atoms with E-state index in [1.165, 1.54) is 0 Å². The summed E-state index contributed by atoms with van der Waals surface area (Å²) in [5, 5.41) is 8.92. The minimum Gasteiger partial charge on any atom is -0.386 e.